The number of hydrogen-bond acceptors (Lipinski definition) is 4. The van der Waals surface area contributed by atoms with E-state index in [2.05, 4.69) is 31.4 Å². The lowest BCUT2D eigenvalue weighted by Crippen LogP contribution is -2.17. The standard InChI is InChI=1S/C13H13BrF3N3S/c1-3-18-7(2)11-19-20-12(21-11)9-5-4-8(14)6-10(9)13(15,16)17/h4-7,18H,3H2,1-2H3. The highest BCUT2D eigenvalue weighted by molar-refractivity contribution is 9.10. The molecule has 114 valence electrons. The van der Waals surface area contributed by atoms with Crippen molar-refractivity contribution in [2.24, 2.45) is 0 Å². The maximum Gasteiger partial charge on any atom is 0.417 e. The first-order chi connectivity index (χ1) is 9.82. The molecular weight excluding hydrogens is 367 g/mol. The molecule has 0 spiro atoms. The SMILES string of the molecule is CCNC(C)c1nnc(-c2ccc(Br)cc2C(F)(F)F)s1. The zero-order valence-electron chi connectivity index (χ0n) is 11.3. The second-order valence-electron chi connectivity index (χ2n) is 4.41. The number of nitrogens with one attached hydrogen (secondary N) is 1. The predicted octanol–water partition coefficient (Wildman–Crippen LogP) is 4.66. The molecule has 2 aromatic rings. The number of rotatable bonds is 4. The van der Waals surface area contributed by atoms with Gasteiger partial charge in [0.2, 0.25) is 0 Å². The fraction of sp³-hybridized carbons (Fsp3) is 0.385. The molecule has 0 amide bonds. The van der Waals surface area contributed by atoms with Crippen molar-refractivity contribution in [2.45, 2.75) is 26.1 Å². The highest BCUT2D eigenvalue weighted by atomic mass is 79.9. The fourth-order valence-electron chi connectivity index (χ4n) is 1.85. The van der Waals surface area contributed by atoms with Crippen LogP contribution >= 0.6 is 27.3 Å². The molecule has 2 rings (SSSR count). The first kappa shape index (κ1) is 16.4. The summed E-state index contributed by atoms with van der Waals surface area (Å²) in [4.78, 5) is 0. The van der Waals surface area contributed by atoms with E-state index in [0.717, 1.165) is 12.6 Å². The molecule has 1 unspecified atom stereocenters. The summed E-state index contributed by atoms with van der Waals surface area (Å²) in [5, 5.41) is 12.0. The average molecular weight is 380 g/mol. The molecule has 0 bridgehead atoms. The molecule has 1 aromatic carbocycles. The quantitative estimate of drug-likeness (QED) is 0.839. The average Bonchev–Trinajstić information content (AvgIpc) is 2.87. The van der Waals surface area contributed by atoms with Crippen molar-refractivity contribution in [2.75, 3.05) is 6.54 Å². The highest BCUT2D eigenvalue weighted by Gasteiger charge is 2.34. The fourth-order valence-corrected chi connectivity index (χ4v) is 3.12. The molecule has 1 atom stereocenters. The summed E-state index contributed by atoms with van der Waals surface area (Å²) >= 11 is 4.24. The first-order valence-electron chi connectivity index (χ1n) is 6.26. The second-order valence-corrected chi connectivity index (χ2v) is 6.34. The molecule has 1 aromatic heterocycles. The summed E-state index contributed by atoms with van der Waals surface area (Å²) in [6.45, 7) is 4.61. The van der Waals surface area contributed by atoms with E-state index in [4.69, 9.17) is 0 Å². The van der Waals surface area contributed by atoms with E-state index < -0.39 is 11.7 Å². The Balaban J connectivity index is 2.43. The van der Waals surface area contributed by atoms with E-state index in [-0.39, 0.29) is 16.6 Å². The van der Waals surface area contributed by atoms with Gasteiger partial charge in [-0.15, -0.1) is 10.2 Å². The van der Waals surface area contributed by atoms with Crippen molar-refractivity contribution in [1.29, 1.82) is 0 Å². The Kier molecular flexibility index (Phi) is 5.00. The van der Waals surface area contributed by atoms with E-state index in [9.17, 15) is 13.2 Å². The van der Waals surface area contributed by atoms with Crippen molar-refractivity contribution < 1.29 is 13.2 Å². The highest BCUT2D eigenvalue weighted by Crippen LogP contribution is 2.39. The van der Waals surface area contributed by atoms with Crippen LogP contribution < -0.4 is 5.32 Å². The van der Waals surface area contributed by atoms with Gasteiger partial charge in [-0.1, -0.05) is 40.3 Å². The van der Waals surface area contributed by atoms with E-state index in [0.29, 0.717) is 9.48 Å². The van der Waals surface area contributed by atoms with Crippen LogP contribution in [0.2, 0.25) is 0 Å². The molecule has 21 heavy (non-hydrogen) atoms. The summed E-state index contributed by atoms with van der Waals surface area (Å²) in [5.74, 6) is 0. The van der Waals surface area contributed by atoms with Gasteiger partial charge in [-0.3, -0.25) is 0 Å². The molecular formula is C13H13BrF3N3S. The Morgan fingerprint density at radius 2 is 2.05 bits per heavy atom. The van der Waals surface area contributed by atoms with Gasteiger partial charge >= 0.3 is 6.18 Å². The number of nitrogens with zero attached hydrogens (tertiary/aromatic N) is 2. The minimum absolute atomic E-state index is 0.0361. The second kappa shape index (κ2) is 6.41. The Bertz CT molecular complexity index is 627. The molecule has 0 radical (unpaired) electrons. The Hall–Kier alpha value is -0.990. The van der Waals surface area contributed by atoms with Crippen LogP contribution in [0.1, 0.15) is 30.5 Å². The third-order valence-corrected chi connectivity index (χ3v) is 4.47. The lowest BCUT2D eigenvalue weighted by atomic mass is 10.1. The molecule has 0 saturated carbocycles. The topological polar surface area (TPSA) is 37.8 Å². The van der Waals surface area contributed by atoms with Crippen molar-refractivity contribution in [3.63, 3.8) is 0 Å². The van der Waals surface area contributed by atoms with Crippen LogP contribution in [0.5, 0.6) is 0 Å². The minimum Gasteiger partial charge on any atom is -0.308 e. The van der Waals surface area contributed by atoms with Crippen LogP contribution in [0, 0.1) is 0 Å². The van der Waals surface area contributed by atoms with E-state index in [1.54, 1.807) is 6.07 Å². The largest absolute Gasteiger partial charge is 0.417 e. The number of alkyl halides is 3. The van der Waals surface area contributed by atoms with Gasteiger partial charge in [0.05, 0.1) is 11.6 Å². The van der Waals surface area contributed by atoms with E-state index in [1.807, 2.05) is 13.8 Å². The first-order valence-corrected chi connectivity index (χ1v) is 7.87. The summed E-state index contributed by atoms with van der Waals surface area (Å²) in [7, 11) is 0. The van der Waals surface area contributed by atoms with Gasteiger partial charge in [-0.2, -0.15) is 13.2 Å². The lowest BCUT2D eigenvalue weighted by Gasteiger charge is -2.11. The van der Waals surface area contributed by atoms with Crippen LogP contribution in [0.3, 0.4) is 0 Å². The summed E-state index contributed by atoms with van der Waals surface area (Å²) in [6.07, 6.45) is -4.43. The number of hydrogen-bond donors (Lipinski definition) is 1. The molecule has 0 aliphatic rings. The molecule has 8 heteroatoms. The summed E-state index contributed by atoms with van der Waals surface area (Å²) < 4.78 is 39.7. The Morgan fingerprint density at radius 3 is 2.67 bits per heavy atom. The predicted molar refractivity (Wildman–Crippen MR) is 80.1 cm³/mol. The van der Waals surface area contributed by atoms with Crippen LogP contribution in [0.4, 0.5) is 13.2 Å². The van der Waals surface area contributed by atoms with Crippen LogP contribution in [-0.4, -0.2) is 16.7 Å². The van der Waals surface area contributed by atoms with Gasteiger partial charge < -0.3 is 5.32 Å². The van der Waals surface area contributed by atoms with Crippen molar-refractivity contribution >= 4 is 27.3 Å². The monoisotopic (exact) mass is 379 g/mol. The normalized spacial score (nSPS) is 13.4. The molecule has 0 fully saturated rings. The zero-order valence-corrected chi connectivity index (χ0v) is 13.7. The third kappa shape index (κ3) is 3.81. The molecule has 0 aliphatic heterocycles. The van der Waals surface area contributed by atoms with Crippen LogP contribution in [-0.2, 0) is 6.18 Å². The summed E-state index contributed by atoms with van der Waals surface area (Å²) in [5.41, 5.74) is -0.658. The van der Waals surface area contributed by atoms with Crippen molar-refractivity contribution in [1.82, 2.24) is 15.5 Å². The maximum absolute atomic E-state index is 13.1. The smallest absolute Gasteiger partial charge is 0.308 e. The minimum atomic E-state index is -4.43. The Morgan fingerprint density at radius 1 is 1.33 bits per heavy atom. The number of benzene rings is 1. The maximum atomic E-state index is 13.1. The molecule has 0 saturated heterocycles. The molecule has 0 aliphatic carbocycles. The van der Waals surface area contributed by atoms with Crippen molar-refractivity contribution in [3.8, 4) is 10.6 Å². The number of aromatic nitrogens is 2. The van der Waals surface area contributed by atoms with Crippen molar-refractivity contribution in [3.05, 3.63) is 33.2 Å². The Labute approximate surface area is 132 Å². The van der Waals surface area contributed by atoms with E-state index in [1.165, 1.54) is 17.4 Å². The third-order valence-electron chi connectivity index (χ3n) is 2.84. The van der Waals surface area contributed by atoms with Gasteiger partial charge in [0.15, 0.2) is 0 Å². The number of halogens is 4. The molecule has 1 N–H and O–H groups in total. The van der Waals surface area contributed by atoms with Crippen LogP contribution in [0.15, 0.2) is 22.7 Å². The molecule has 1 heterocycles. The molecule has 3 nitrogen and oxygen atoms in total. The van der Waals surface area contributed by atoms with Gasteiger partial charge in [-0.05, 0) is 25.6 Å². The van der Waals surface area contributed by atoms with Gasteiger partial charge in [0.1, 0.15) is 10.0 Å². The zero-order chi connectivity index (χ0) is 15.6. The van der Waals surface area contributed by atoms with Crippen LogP contribution in [0.25, 0.3) is 10.6 Å². The van der Waals surface area contributed by atoms with Gasteiger partial charge in [-0.25, -0.2) is 0 Å². The van der Waals surface area contributed by atoms with E-state index >= 15 is 0 Å². The van der Waals surface area contributed by atoms with Gasteiger partial charge in [0, 0.05) is 10.0 Å². The van der Waals surface area contributed by atoms with Gasteiger partial charge in [0.25, 0.3) is 0 Å². The summed E-state index contributed by atoms with van der Waals surface area (Å²) in [6, 6.07) is 4.00. The lowest BCUT2D eigenvalue weighted by molar-refractivity contribution is -0.137.